The van der Waals surface area contributed by atoms with E-state index in [0.29, 0.717) is 17.4 Å². The van der Waals surface area contributed by atoms with Crippen LogP contribution in [0.25, 0.3) is 0 Å². The topological polar surface area (TPSA) is 43.1 Å². The lowest BCUT2D eigenvalue weighted by Crippen LogP contribution is -2.32. The lowest BCUT2D eigenvalue weighted by atomic mass is 10.1. The highest BCUT2D eigenvalue weighted by Crippen LogP contribution is 2.06. The molecular formula is C12H19NOS. The third kappa shape index (κ3) is 4.58. The van der Waals surface area contributed by atoms with Crippen LogP contribution in [0.1, 0.15) is 19.4 Å². The van der Waals surface area contributed by atoms with Crippen molar-refractivity contribution in [3.05, 3.63) is 35.9 Å². The molecule has 1 aromatic carbocycles. The Morgan fingerprint density at radius 1 is 1.27 bits per heavy atom. The third-order valence-electron chi connectivity index (χ3n) is 2.41. The fourth-order valence-electron chi connectivity index (χ4n) is 1.23. The normalized spacial score (nSPS) is 15.2. The summed E-state index contributed by atoms with van der Waals surface area (Å²) in [7, 11) is -0.847. The Kier molecular flexibility index (Phi) is 4.99. The van der Waals surface area contributed by atoms with Crippen molar-refractivity contribution in [3.8, 4) is 0 Å². The molecule has 0 heterocycles. The van der Waals surface area contributed by atoms with Crippen molar-refractivity contribution in [2.45, 2.75) is 25.6 Å². The Hall–Kier alpha value is -0.670. The van der Waals surface area contributed by atoms with Crippen LogP contribution in [-0.2, 0) is 16.6 Å². The van der Waals surface area contributed by atoms with Gasteiger partial charge in [0.05, 0.1) is 0 Å². The molecule has 0 saturated heterocycles. The summed E-state index contributed by atoms with van der Waals surface area (Å²) in [6.07, 6.45) is 0. The monoisotopic (exact) mass is 225 g/mol. The molecule has 2 atom stereocenters. The van der Waals surface area contributed by atoms with Gasteiger partial charge in [0.15, 0.2) is 0 Å². The van der Waals surface area contributed by atoms with E-state index in [4.69, 9.17) is 5.73 Å². The second-order valence-corrected chi connectivity index (χ2v) is 5.65. The Morgan fingerprint density at radius 3 is 2.40 bits per heavy atom. The Labute approximate surface area is 94.3 Å². The van der Waals surface area contributed by atoms with Crippen LogP contribution in [-0.4, -0.2) is 16.0 Å². The van der Waals surface area contributed by atoms with Gasteiger partial charge in [-0.05, 0) is 11.5 Å². The molecule has 0 amide bonds. The maximum atomic E-state index is 11.8. The van der Waals surface area contributed by atoms with Crippen LogP contribution in [0.15, 0.2) is 30.3 Å². The van der Waals surface area contributed by atoms with Crippen LogP contribution in [0.3, 0.4) is 0 Å². The van der Waals surface area contributed by atoms with E-state index in [2.05, 4.69) is 13.8 Å². The summed E-state index contributed by atoms with van der Waals surface area (Å²) in [5.41, 5.74) is 7.00. The summed E-state index contributed by atoms with van der Waals surface area (Å²) in [6.45, 7) is 4.12. The molecule has 0 aromatic heterocycles. The van der Waals surface area contributed by atoms with Gasteiger partial charge < -0.3 is 5.73 Å². The Balaban J connectivity index is 2.43. The molecule has 0 saturated carbocycles. The molecular weight excluding hydrogens is 206 g/mol. The first-order valence-corrected chi connectivity index (χ1v) is 6.73. The smallest absolute Gasteiger partial charge is 0.0486 e. The van der Waals surface area contributed by atoms with Gasteiger partial charge in [-0.1, -0.05) is 44.2 Å². The standard InChI is InChI=1S/C12H19NOS/c1-10(2)12(13)9-15(14)8-11-6-4-3-5-7-11/h3-7,10,12H,8-9,13H2,1-2H3. The highest BCUT2D eigenvalue weighted by Gasteiger charge is 2.11. The first-order valence-electron chi connectivity index (χ1n) is 5.24. The van der Waals surface area contributed by atoms with Gasteiger partial charge in [-0.25, -0.2) is 0 Å². The van der Waals surface area contributed by atoms with Crippen LogP contribution in [0.5, 0.6) is 0 Å². The second-order valence-electron chi connectivity index (χ2n) is 4.14. The quantitative estimate of drug-likeness (QED) is 0.832. The number of hydrogen-bond donors (Lipinski definition) is 1. The summed E-state index contributed by atoms with van der Waals surface area (Å²) >= 11 is 0. The van der Waals surface area contributed by atoms with Gasteiger partial charge in [-0.3, -0.25) is 4.21 Å². The van der Waals surface area contributed by atoms with Crippen molar-refractivity contribution in [2.75, 3.05) is 5.75 Å². The van der Waals surface area contributed by atoms with Gasteiger partial charge in [-0.2, -0.15) is 0 Å². The first-order chi connectivity index (χ1) is 7.09. The fraction of sp³-hybridized carbons (Fsp3) is 0.500. The van der Waals surface area contributed by atoms with Crippen molar-refractivity contribution in [1.29, 1.82) is 0 Å². The van der Waals surface area contributed by atoms with Gasteiger partial charge in [0.2, 0.25) is 0 Å². The molecule has 2 nitrogen and oxygen atoms in total. The molecule has 1 aromatic rings. The van der Waals surface area contributed by atoms with E-state index in [1.807, 2.05) is 30.3 Å². The van der Waals surface area contributed by atoms with Crippen LogP contribution < -0.4 is 5.73 Å². The van der Waals surface area contributed by atoms with Crippen molar-refractivity contribution >= 4 is 10.8 Å². The van der Waals surface area contributed by atoms with E-state index in [-0.39, 0.29) is 6.04 Å². The Morgan fingerprint density at radius 2 is 1.87 bits per heavy atom. The molecule has 3 heteroatoms. The number of hydrogen-bond acceptors (Lipinski definition) is 2. The maximum absolute atomic E-state index is 11.8. The van der Waals surface area contributed by atoms with Crippen molar-refractivity contribution < 1.29 is 4.21 Å². The van der Waals surface area contributed by atoms with E-state index in [1.54, 1.807) is 0 Å². The zero-order chi connectivity index (χ0) is 11.3. The van der Waals surface area contributed by atoms with Gasteiger partial charge in [0, 0.05) is 28.3 Å². The third-order valence-corrected chi connectivity index (χ3v) is 3.82. The molecule has 0 spiro atoms. The summed E-state index contributed by atoms with van der Waals surface area (Å²) in [6, 6.07) is 9.93. The fourth-order valence-corrected chi connectivity index (χ4v) is 2.72. The molecule has 0 fully saturated rings. The lowest BCUT2D eigenvalue weighted by molar-refractivity contribution is 0.530. The van der Waals surface area contributed by atoms with E-state index in [1.165, 1.54) is 0 Å². The minimum atomic E-state index is -0.847. The van der Waals surface area contributed by atoms with E-state index in [0.717, 1.165) is 5.56 Å². The minimum absolute atomic E-state index is 0.0366. The molecule has 2 N–H and O–H groups in total. The average molecular weight is 225 g/mol. The number of benzene rings is 1. The lowest BCUT2D eigenvalue weighted by Gasteiger charge is -2.14. The summed E-state index contributed by atoms with van der Waals surface area (Å²) in [5.74, 6) is 1.60. The van der Waals surface area contributed by atoms with Gasteiger partial charge in [0.1, 0.15) is 0 Å². The summed E-state index contributed by atoms with van der Waals surface area (Å²) in [5, 5.41) is 0. The summed E-state index contributed by atoms with van der Waals surface area (Å²) in [4.78, 5) is 0. The van der Waals surface area contributed by atoms with E-state index in [9.17, 15) is 4.21 Å². The molecule has 0 aliphatic rings. The van der Waals surface area contributed by atoms with Crippen molar-refractivity contribution in [1.82, 2.24) is 0 Å². The molecule has 1 rings (SSSR count). The number of nitrogens with two attached hydrogens (primary N) is 1. The highest BCUT2D eigenvalue weighted by atomic mass is 32.2. The van der Waals surface area contributed by atoms with Crippen LogP contribution >= 0.6 is 0 Å². The second kappa shape index (κ2) is 6.03. The summed E-state index contributed by atoms with van der Waals surface area (Å²) < 4.78 is 11.8. The molecule has 15 heavy (non-hydrogen) atoms. The molecule has 0 bridgehead atoms. The minimum Gasteiger partial charge on any atom is -0.327 e. The largest absolute Gasteiger partial charge is 0.327 e. The average Bonchev–Trinajstić information content (AvgIpc) is 2.18. The molecule has 0 aliphatic carbocycles. The highest BCUT2D eigenvalue weighted by molar-refractivity contribution is 7.84. The molecule has 84 valence electrons. The predicted octanol–water partition coefficient (Wildman–Crippen LogP) is 1.92. The number of rotatable bonds is 5. The molecule has 0 radical (unpaired) electrons. The van der Waals surface area contributed by atoms with Gasteiger partial charge >= 0.3 is 0 Å². The SMILES string of the molecule is CC(C)C(N)CS(=O)Cc1ccccc1. The predicted molar refractivity (Wildman–Crippen MR) is 66.0 cm³/mol. The first kappa shape index (κ1) is 12.4. The zero-order valence-corrected chi connectivity index (χ0v) is 10.2. The van der Waals surface area contributed by atoms with Crippen LogP contribution in [0, 0.1) is 5.92 Å². The van der Waals surface area contributed by atoms with Crippen molar-refractivity contribution in [2.24, 2.45) is 11.7 Å². The van der Waals surface area contributed by atoms with Crippen LogP contribution in [0.4, 0.5) is 0 Å². The van der Waals surface area contributed by atoms with Crippen LogP contribution in [0.2, 0.25) is 0 Å². The maximum Gasteiger partial charge on any atom is 0.0486 e. The Bertz CT molecular complexity index is 311. The van der Waals surface area contributed by atoms with Gasteiger partial charge in [0.25, 0.3) is 0 Å². The molecule has 2 unspecified atom stereocenters. The van der Waals surface area contributed by atoms with Crippen molar-refractivity contribution in [3.63, 3.8) is 0 Å². The van der Waals surface area contributed by atoms with E-state index < -0.39 is 10.8 Å². The zero-order valence-electron chi connectivity index (χ0n) is 9.35. The molecule has 0 aliphatic heterocycles. The van der Waals surface area contributed by atoms with E-state index >= 15 is 0 Å². The van der Waals surface area contributed by atoms with Gasteiger partial charge in [-0.15, -0.1) is 0 Å².